The largest absolute Gasteiger partial charge is 0.494 e. The Morgan fingerprint density at radius 3 is 2.28 bits per heavy atom. The Morgan fingerprint density at radius 1 is 1.12 bits per heavy atom. The molecule has 6 heteroatoms. The number of benzene rings is 1. The van der Waals surface area contributed by atoms with Gasteiger partial charge in [0.25, 0.3) is 0 Å². The highest BCUT2D eigenvalue weighted by molar-refractivity contribution is 6.66. The van der Waals surface area contributed by atoms with Crippen LogP contribution in [0.1, 0.15) is 58.9 Å². The Balaban J connectivity index is 1.74. The summed E-state index contributed by atoms with van der Waals surface area (Å²) in [6, 6.07) is 6.19. The molecule has 0 atom stereocenters. The Hall–Kier alpha value is -1.04. The molecule has 2 fully saturated rings. The van der Waals surface area contributed by atoms with E-state index in [0.717, 1.165) is 24.0 Å². The highest BCUT2D eigenvalue weighted by Crippen LogP contribution is 2.50. The third-order valence-corrected chi connectivity index (χ3v) is 6.85. The predicted molar refractivity (Wildman–Crippen MR) is 101 cm³/mol. The van der Waals surface area contributed by atoms with Gasteiger partial charge in [0.2, 0.25) is 0 Å². The van der Waals surface area contributed by atoms with Gasteiger partial charge in [0.1, 0.15) is 0 Å². The first-order chi connectivity index (χ1) is 11.7. The standard InChI is InChI=1S/C19H25BClNO3/c1-17(2)18(3,4)25-20(24-17)13-7-8-15-14(11-13)19(9-5-6-10-19)12-22(15)16(21)23/h7-8,11H,5-6,9-10,12H2,1-4H3. The zero-order valence-electron chi connectivity index (χ0n) is 15.4. The molecule has 0 unspecified atom stereocenters. The summed E-state index contributed by atoms with van der Waals surface area (Å²) < 4.78 is 12.4. The molecule has 0 N–H and O–H groups in total. The summed E-state index contributed by atoms with van der Waals surface area (Å²) in [7, 11) is -0.380. The summed E-state index contributed by atoms with van der Waals surface area (Å²) in [5, 5.41) is -0.395. The van der Waals surface area contributed by atoms with Crippen molar-refractivity contribution in [2.24, 2.45) is 0 Å². The number of rotatable bonds is 1. The lowest BCUT2D eigenvalue weighted by molar-refractivity contribution is 0.00578. The van der Waals surface area contributed by atoms with Crippen LogP contribution in [0, 0.1) is 0 Å². The van der Waals surface area contributed by atoms with Gasteiger partial charge in [0.05, 0.1) is 11.2 Å². The number of anilines is 1. The summed E-state index contributed by atoms with van der Waals surface area (Å²) in [6.45, 7) is 8.94. The molecule has 1 spiro atoms. The summed E-state index contributed by atoms with van der Waals surface area (Å²) in [6.07, 6.45) is 4.61. The van der Waals surface area contributed by atoms with Gasteiger partial charge in [-0.25, -0.2) is 0 Å². The number of halogens is 1. The van der Waals surface area contributed by atoms with Crippen LogP contribution in [0.25, 0.3) is 0 Å². The summed E-state index contributed by atoms with van der Waals surface area (Å²) >= 11 is 5.85. The molecule has 3 aliphatic rings. The Labute approximate surface area is 155 Å². The zero-order valence-corrected chi connectivity index (χ0v) is 16.2. The van der Waals surface area contributed by atoms with Crippen molar-refractivity contribution in [3.8, 4) is 0 Å². The zero-order chi connectivity index (χ0) is 18.0. The average Bonchev–Trinajstić information content (AvgIpc) is 3.17. The highest BCUT2D eigenvalue weighted by Gasteiger charge is 2.53. The lowest BCUT2D eigenvalue weighted by Crippen LogP contribution is -2.41. The first-order valence-electron chi connectivity index (χ1n) is 9.12. The van der Waals surface area contributed by atoms with Gasteiger partial charge in [-0.2, -0.15) is 0 Å². The molecule has 25 heavy (non-hydrogen) atoms. The number of nitrogens with zero attached hydrogens (tertiary/aromatic N) is 1. The van der Waals surface area contributed by atoms with Crippen molar-refractivity contribution in [3.05, 3.63) is 23.8 Å². The van der Waals surface area contributed by atoms with Gasteiger partial charge >= 0.3 is 12.5 Å². The van der Waals surface area contributed by atoms with Gasteiger partial charge in [0, 0.05) is 17.6 Å². The first-order valence-corrected chi connectivity index (χ1v) is 9.50. The highest BCUT2D eigenvalue weighted by atomic mass is 35.5. The first kappa shape index (κ1) is 17.4. The number of hydrogen-bond acceptors (Lipinski definition) is 3. The van der Waals surface area contributed by atoms with E-state index < -0.39 is 5.37 Å². The van der Waals surface area contributed by atoms with Gasteiger partial charge < -0.3 is 9.31 Å². The third kappa shape index (κ3) is 2.55. The molecule has 4 nitrogen and oxygen atoms in total. The van der Waals surface area contributed by atoms with E-state index in [1.807, 2.05) is 12.1 Å². The number of carbonyl (C=O) groups excluding carboxylic acids is 1. The minimum atomic E-state index is -0.395. The molecule has 2 aliphatic heterocycles. The van der Waals surface area contributed by atoms with Gasteiger partial charge in [0.15, 0.2) is 0 Å². The van der Waals surface area contributed by atoms with Gasteiger partial charge in [-0.3, -0.25) is 9.69 Å². The molecule has 0 radical (unpaired) electrons. The quantitative estimate of drug-likeness (QED) is 0.431. The fraction of sp³-hybridized carbons (Fsp3) is 0.632. The molecule has 1 aromatic rings. The third-order valence-electron chi connectivity index (χ3n) is 6.64. The van der Waals surface area contributed by atoms with Crippen molar-refractivity contribution < 1.29 is 14.1 Å². The Morgan fingerprint density at radius 2 is 1.72 bits per heavy atom. The molecular formula is C19H25BClNO3. The maximum Gasteiger partial charge on any atom is 0.494 e. The topological polar surface area (TPSA) is 38.8 Å². The lowest BCUT2D eigenvalue weighted by Gasteiger charge is -2.32. The van der Waals surface area contributed by atoms with E-state index in [4.69, 9.17) is 20.9 Å². The second-order valence-corrected chi connectivity index (χ2v) is 9.01. The molecule has 134 valence electrons. The van der Waals surface area contributed by atoms with Crippen molar-refractivity contribution in [1.29, 1.82) is 0 Å². The van der Waals surface area contributed by atoms with Crippen molar-refractivity contribution in [1.82, 2.24) is 0 Å². The van der Waals surface area contributed by atoms with E-state index in [0.29, 0.717) is 6.54 Å². The van der Waals surface area contributed by atoms with E-state index in [2.05, 4.69) is 33.8 Å². The van der Waals surface area contributed by atoms with Gasteiger partial charge in [-0.15, -0.1) is 0 Å². The second-order valence-electron chi connectivity index (χ2n) is 8.69. The van der Waals surface area contributed by atoms with E-state index in [1.54, 1.807) is 4.90 Å². The number of amides is 1. The van der Waals surface area contributed by atoms with Crippen LogP contribution in [-0.2, 0) is 14.7 Å². The molecule has 1 saturated carbocycles. The molecule has 1 saturated heterocycles. The van der Waals surface area contributed by atoms with E-state index in [1.165, 1.54) is 18.4 Å². The van der Waals surface area contributed by atoms with Crippen LogP contribution in [0.5, 0.6) is 0 Å². The maximum atomic E-state index is 11.9. The monoisotopic (exact) mass is 361 g/mol. The van der Waals surface area contributed by atoms with Crippen LogP contribution in [-0.4, -0.2) is 30.2 Å². The molecule has 0 bridgehead atoms. The van der Waals surface area contributed by atoms with Crippen molar-refractivity contribution >= 4 is 35.2 Å². The van der Waals surface area contributed by atoms with E-state index in [-0.39, 0.29) is 23.7 Å². The maximum absolute atomic E-state index is 11.9. The smallest absolute Gasteiger partial charge is 0.399 e. The molecule has 2 heterocycles. The number of hydrogen-bond donors (Lipinski definition) is 0. The summed E-state index contributed by atoms with van der Waals surface area (Å²) in [5.41, 5.74) is 2.51. The van der Waals surface area contributed by atoms with Crippen LogP contribution in [0.2, 0.25) is 0 Å². The SMILES string of the molecule is CC1(C)OB(c2ccc3c(c2)C2(CCCC2)CN3C(=O)Cl)OC1(C)C. The Kier molecular flexibility index (Phi) is 3.81. The number of carbonyl (C=O) groups is 1. The second kappa shape index (κ2) is 5.48. The Bertz CT molecular complexity index is 711. The van der Waals surface area contributed by atoms with Crippen molar-refractivity contribution in [3.63, 3.8) is 0 Å². The average molecular weight is 362 g/mol. The summed E-state index contributed by atoms with van der Waals surface area (Å²) in [4.78, 5) is 13.6. The molecular weight excluding hydrogens is 336 g/mol. The minimum absolute atomic E-state index is 0.0412. The van der Waals surface area contributed by atoms with Crippen LogP contribution in [0.4, 0.5) is 10.5 Å². The molecule has 0 aromatic heterocycles. The van der Waals surface area contributed by atoms with E-state index in [9.17, 15) is 4.79 Å². The molecule has 1 amide bonds. The predicted octanol–water partition coefficient (Wildman–Crippen LogP) is 3.98. The molecule has 1 aromatic carbocycles. The summed E-state index contributed by atoms with van der Waals surface area (Å²) in [5.74, 6) is 0. The van der Waals surface area contributed by atoms with Crippen molar-refractivity contribution in [2.75, 3.05) is 11.4 Å². The van der Waals surface area contributed by atoms with Gasteiger partial charge in [-0.05, 0) is 69.2 Å². The minimum Gasteiger partial charge on any atom is -0.399 e. The van der Waals surface area contributed by atoms with Crippen LogP contribution in [0.3, 0.4) is 0 Å². The van der Waals surface area contributed by atoms with Crippen LogP contribution >= 0.6 is 11.6 Å². The fourth-order valence-electron chi connectivity index (χ4n) is 4.45. The van der Waals surface area contributed by atoms with Crippen LogP contribution in [0.15, 0.2) is 18.2 Å². The van der Waals surface area contributed by atoms with Crippen LogP contribution < -0.4 is 10.4 Å². The van der Waals surface area contributed by atoms with Gasteiger partial charge in [-0.1, -0.05) is 25.0 Å². The fourth-order valence-corrected chi connectivity index (χ4v) is 4.60. The molecule has 4 rings (SSSR count). The normalized spacial score (nSPS) is 25.6. The number of fused-ring (bicyclic) bond motifs is 2. The molecule has 1 aliphatic carbocycles. The van der Waals surface area contributed by atoms with E-state index >= 15 is 0 Å². The lowest BCUT2D eigenvalue weighted by atomic mass is 9.74. The van der Waals surface area contributed by atoms with Crippen molar-refractivity contribution in [2.45, 2.75) is 70.0 Å².